The SMILES string of the molecule is CC(C)C1C=C2C(O)CCC2CCC1. The van der Waals surface area contributed by atoms with Crippen LogP contribution in [0.3, 0.4) is 0 Å². The van der Waals surface area contributed by atoms with Crippen LogP contribution in [0.5, 0.6) is 0 Å². The lowest BCUT2D eigenvalue weighted by molar-refractivity contribution is 0.216. The van der Waals surface area contributed by atoms with Crippen LogP contribution in [0.15, 0.2) is 11.6 Å². The van der Waals surface area contributed by atoms with E-state index >= 15 is 0 Å². The van der Waals surface area contributed by atoms with Gasteiger partial charge in [-0.05, 0) is 49.0 Å². The Hall–Kier alpha value is -0.300. The van der Waals surface area contributed by atoms with Gasteiger partial charge in [0.25, 0.3) is 0 Å². The summed E-state index contributed by atoms with van der Waals surface area (Å²) >= 11 is 0. The largest absolute Gasteiger partial charge is 0.389 e. The molecule has 0 saturated heterocycles. The Kier molecular flexibility index (Phi) is 2.96. The molecule has 0 spiro atoms. The Bertz CT molecular complexity index is 229. The minimum atomic E-state index is -0.112. The molecule has 2 aliphatic rings. The highest BCUT2D eigenvalue weighted by Gasteiger charge is 2.31. The molecular weight excluding hydrogens is 172 g/mol. The minimum Gasteiger partial charge on any atom is -0.389 e. The van der Waals surface area contributed by atoms with E-state index in [0.29, 0.717) is 11.8 Å². The average molecular weight is 194 g/mol. The predicted octanol–water partition coefficient (Wildman–Crippen LogP) is 3.14. The van der Waals surface area contributed by atoms with Gasteiger partial charge in [-0.1, -0.05) is 26.3 Å². The number of allylic oxidation sites excluding steroid dienone is 1. The molecule has 14 heavy (non-hydrogen) atoms. The molecule has 0 aromatic carbocycles. The maximum Gasteiger partial charge on any atom is 0.0753 e. The first kappa shape index (κ1) is 10.2. The zero-order valence-electron chi connectivity index (χ0n) is 9.37. The number of hydrogen-bond donors (Lipinski definition) is 1. The van der Waals surface area contributed by atoms with Gasteiger partial charge in [0.15, 0.2) is 0 Å². The van der Waals surface area contributed by atoms with Crippen molar-refractivity contribution in [3.63, 3.8) is 0 Å². The van der Waals surface area contributed by atoms with E-state index in [4.69, 9.17) is 0 Å². The summed E-state index contributed by atoms with van der Waals surface area (Å²) in [5.41, 5.74) is 1.38. The zero-order valence-corrected chi connectivity index (χ0v) is 9.37. The van der Waals surface area contributed by atoms with Crippen LogP contribution < -0.4 is 0 Å². The van der Waals surface area contributed by atoms with Gasteiger partial charge >= 0.3 is 0 Å². The van der Waals surface area contributed by atoms with E-state index in [-0.39, 0.29) is 6.10 Å². The number of aliphatic hydroxyl groups excluding tert-OH is 1. The normalized spacial score (nSPS) is 38.0. The van der Waals surface area contributed by atoms with Crippen LogP contribution in [-0.4, -0.2) is 11.2 Å². The highest BCUT2D eigenvalue weighted by Crippen LogP contribution is 2.40. The Morgan fingerprint density at radius 3 is 2.71 bits per heavy atom. The van der Waals surface area contributed by atoms with Crippen molar-refractivity contribution in [3.05, 3.63) is 11.6 Å². The molecule has 1 nitrogen and oxygen atoms in total. The Balaban J connectivity index is 2.18. The lowest BCUT2D eigenvalue weighted by Crippen LogP contribution is -2.09. The van der Waals surface area contributed by atoms with Gasteiger partial charge in [-0.2, -0.15) is 0 Å². The molecule has 0 aliphatic heterocycles. The van der Waals surface area contributed by atoms with Crippen LogP contribution >= 0.6 is 0 Å². The first-order valence-corrected chi connectivity index (χ1v) is 6.08. The standard InChI is InChI=1S/C13H22O/c1-9(2)11-5-3-4-10-6-7-13(14)12(10)8-11/h8-11,13-14H,3-7H2,1-2H3. The van der Waals surface area contributed by atoms with Crippen molar-refractivity contribution in [2.75, 3.05) is 0 Å². The third kappa shape index (κ3) is 1.88. The molecule has 0 aromatic rings. The Morgan fingerprint density at radius 1 is 1.21 bits per heavy atom. The van der Waals surface area contributed by atoms with Crippen molar-refractivity contribution in [3.8, 4) is 0 Å². The first-order valence-electron chi connectivity index (χ1n) is 6.08. The molecule has 1 saturated carbocycles. The molecule has 1 N–H and O–H groups in total. The van der Waals surface area contributed by atoms with E-state index in [1.807, 2.05) is 0 Å². The number of rotatable bonds is 1. The summed E-state index contributed by atoms with van der Waals surface area (Å²) in [6.45, 7) is 4.59. The van der Waals surface area contributed by atoms with Gasteiger partial charge in [-0.3, -0.25) is 0 Å². The van der Waals surface area contributed by atoms with E-state index in [1.54, 1.807) is 0 Å². The molecule has 1 heteroatoms. The third-order valence-corrected chi connectivity index (χ3v) is 4.00. The molecule has 0 amide bonds. The summed E-state index contributed by atoms with van der Waals surface area (Å²) in [5.74, 6) is 2.16. The summed E-state index contributed by atoms with van der Waals surface area (Å²) in [7, 11) is 0. The van der Waals surface area contributed by atoms with E-state index in [0.717, 1.165) is 12.3 Å². The third-order valence-electron chi connectivity index (χ3n) is 4.00. The van der Waals surface area contributed by atoms with Crippen molar-refractivity contribution in [2.24, 2.45) is 17.8 Å². The quantitative estimate of drug-likeness (QED) is 0.636. The van der Waals surface area contributed by atoms with Crippen molar-refractivity contribution in [2.45, 2.75) is 52.1 Å². The maximum absolute atomic E-state index is 9.88. The topological polar surface area (TPSA) is 20.2 Å². The summed E-state index contributed by atoms with van der Waals surface area (Å²) in [6.07, 6.45) is 8.50. The fourth-order valence-electron chi connectivity index (χ4n) is 2.98. The molecule has 0 aromatic heterocycles. The average Bonchev–Trinajstić information content (AvgIpc) is 2.40. The van der Waals surface area contributed by atoms with Gasteiger partial charge < -0.3 is 5.11 Å². The van der Waals surface area contributed by atoms with Crippen LogP contribution in [0.4, 0.5) is 0 Å². The number of fused-ring (bicyclic) bond motifs is 1. The molecule has 3 unspecified atom stereocenters. The van der Waals surface area contributed by atoms with Crippen molar-refractivity contribution in [1.82, 2.24) is 0 Å². The molecule has 2 aliphatic carbocycles. The predicted molar refractivity (Wildman–Crippen MR) is 59.0 cm³/mol. The van der Waals surface area contributed by atoms with Crippen LogP contribution in [0, 0.1) is 17.8 Å². The fraction of sp³-hybridized carbons (Fsp3) is 0.846. The molecule has 3 atom stereocenters. The van der Waals surface area contributed by atoms with Crippen LogP contribution in [0.1, 0.15) is 46.0 Å². The van der Waals surface area contributed by atoms with E-state index in [1.165, 1.54) is 31.3 Å². The Labute approximate surface area is 87.2 Å². The first-order chi connectivity index (χ1) is 6.68. The monoisotopic (exact) mass is 194 g/mol. The second kappa shape index (κ2) is 4.06. The maximum atomic E-state index is 9.88. The van der Waals surface area contributed by atoms with Crippen molar-refractivity contribution in [1.29, 1.82) is 0 Å². The molecule has 80 valence electrons. The number of hydrogen-bond acceptors (Lipinski definition) is 1. The Morgan fingerprint density at radius 2 is 2.00 bits per heavy atom. The second-order valence-corrected chi connectivity index (χ2v) is 5.30. The molecule has 0 heterocycles. The molecule has 0 radical (unpaired) electrons. The highest BCUT2D eigenvalue weighted by atomic mass is 16.3. The van der Waals surface area contributed by atoms with Gasteiger partial charge in [0, 0.05) is 0 Å². The summed E-state index contributed by atoms with van der Waals surface area (Å²) in [4.78, 5) is 0. The minimum absolute atomic E-state index is 0.112. The van der Waals surface area contributed by atoms with E-state index in [2.05, 4.69) is 19.9 Å². The van der Waals surface area contributed by atoms with Crippen LogP contribution in [-0.2, 0) is 0 Å². The lowest BCUT2D eigenvalue weighted by atomic mass is 9.90. The van der Waals surface area contributed by atoms with Crippen molar-refractivity contribution < 1.29 is 5.11 Å². The summed E-state index contributed by atoms with van der Waals surface area (Å²) in [6, 6.07) is 0. The summed E-state index contributed by atoms with van der Waals surface area (Å²) < 4.78 is 0. The van der Waals surface area contributed by atoms with Crippen molar-refractivity contribution >= 4 is 0 Å². The lowest BCUT2D eigenvalue weighted by Gasteiger charge is -2.16. The van der Waals surface area contributed by atoms with Gasteiger partial charge in [0.1, 0.15) is 0 Å². The van der Waals surface area contributed by atoms with Crippen LogP contribution in [0.25, 0.3) is 0 Å². The van der Waals surface area contributed by atoms with E-state index < -0.39 is 0 Å². The summed E-state index contributed by atoms with van der Waals surface area (Å²) in [5, 5.41) is 9.88. The smallest absolute Gasteiger partial charge is 0.0753 e. The van der Waals surface area contributed by atoms with Gasteiger partial charge in [-0.15, -0.1) is 0 Å². The molecule has 0 bridgehead atoms. The fourth-order valence-corrected chi connectivity index (χ4v) is 2.98. The van der Waals surface area contributed by atoms with Crippen LogP contribution in [0.2, 0.25) is 0 Å². The molecule has 1 fully saturated rings. The molecular formula is C13H22O. The number of aliphatic hydroxyl groups is 1. The van der Waals surface area contributed by atoms with Gasteiger partial charge in [0.2, 0.25) is 0 Å². The van der Waals surface area contributed by atoms with E-state index in [9.17, 15) is 5.11 Å². The zero-order chi connectivity index (χ0) is 10.1. The van der Waals surface area contributed by atoms with Gasteiger partial charge in [-0.25, -0.2) is 0 Å². The second-order valence-electron chi connectivity index (χ2n) is 5.30. The molecule has 2 rings (SSSR count). The highest BCUT2D eigenvalue weighted by molar-refractivity contribution is 5.19. The van der Waals surface area contributed by atoms with Gasteiger partial charge in [0.05, 0.1) is 6.10 Å².